The van der Waals surface area contributed by atoms with Crippen molar-refractivity contribution >= 4 is 23.2 Å². The van der Waals surface area contributed by atoms with Gasteiger partial charge in [0.1, 0.15) is 6.10 Å². The van der Waals surface area contributed by atoms with Crippen LogP contribution in [0.4, 0.5) is 0 Å². The van der Waals surface area contributed by atoms with E-state index in [2.05, 4.69) is 27.1 Å². The monoisotopic (exact) mass is 430 g/mol. The highest BCUT2D eigenvalue weighted by Gasteiger charge is 2.21. The molecule has 2 heterocycles. The second kappa shape index (κ2) is 10.9. The van der Waals surface area contributed by atoms with Gasteiger partial charge in [-0.3, -0.25) is 9.79 Å². The summed E-state index contributed by atoms with van der Waals surface area (Å²) in [6.07, 6.45) is 1.31. The number of amides is 1. The Morgan fingerprint density at radius 1 is 1.27 bits per heavy atom. The summed E-state index contributed by atoms with van der Waals surface area (Å²) in [6.45, 7) is 4.61. The molecule has 0 fully saturated rings. The van der Waals surface area contributed by atoms with E-state index in [1.165, 1.54) is 10.4 Å². The molecule has 1 amide bonds. The predicted octanol–water partition coefficient (Wildman–Crippen LogP) is 2.66. The summed E-state index contributed by atoms with van der Waals surface area (Å²) in [6, 6.07) is 9.70. The second-order valence-corrected chi connectivity index (χ2v) is 8.14. The minimum atomic E-state index is -0.0883. The number of aliphatic imine (C=N–C) groups is 1. The first-order valence-corrected chi connectivity index (χ1v) is 11.1. The molecule has 162 valence electrons. The number of rotatable bonds is 8. The Hall–Kier alpha value is -2.74. The number of para-hydroxylation sites is 2. The lowest BCUT2D eigenvalue weighted by molar-refractivity contribution is -0.131. The average molecular weight is 431 g/mol. The number of nitrogens with zero attached hydrogens (tertiary/aromatic N) is 2. The van der Waals surface area contributed by atoms with Crippen LogP contribution in [0.2, 0.25) is 0 Å². The van der Waals surface area contributed by atoms with E-state index < -0.39 is 0 Å². The summed E-state index contributed by atoms with van der Waals surface area (Å²) >= 11 is 1.78. The molecule has 2 N–H and O–H groups in total. The van der Waals surface area contributed by atoms with Crippen LogP contribution in [0.1, 0.15) is 23.8 Å². The Balaban J connectivity index is 1.38. The van der Waals surface area contributed by atoms with Crippen LogP contribution in [-0.4, -0.2) is 56.7 Å². The third-order valence-corrected chi connectivity index (χ3v) is 5.99. The molecule has 1 aromatic heterocycles. The van der Waals surface area contributed by atoms with E-state index in [0.717, 1.165) is 19.5 Å². The molecule has 1 aliphatic rings. The van der Waals surface area contributed by atoms with Crippen LogP contribution in [0.25, 0.3) is 0 Å². The first-order valence-electron chi connectivity index (χ1n) is 10.2. The first kappa shape index (κ1) is 22.0. The Labute approximate surface area is 182 Å². The summed E-state index contributed by atoms with van der Waals surface area (Å²) in [5.41, 5.74) is 1.29. The van der Waals surface area contributed by atoms with Crippen LogP contribution in [0, 0.1) is 0 Å². The smallest absolute Gasteiger partial charge is 0.224 e. The van der Waals surface area contributed by atoms with Crippen molar-refractivity contribution < 1.29 is 14.3 Å². The Morgan fingerprint density at radius 2 is 2.07 bits per heavy atom. The van der Waals surface area contributed by atoms with Crippen LogP contribution in [-0.2, 0) is 17.8 Å². The van der Waals surface area contributed by atoms with Crippen LogP contribution in [0.3, 0.4) is 0 Å². The van der Waals surface area contributed by atoms with Crippen LogP contribution in [0.15, 0.2) is 40.7 Å². The number of thiophene rings is 1. The molecule has 1 aromatic carbocycles. The molecule has 0 saturated heterocycles. The van der Waals surface area contributed by atoms with Crippen molar-refractivity contribution in [2.75, 3.05) is 33.8 Å². The summed E-state index contributed by atoms with van der Waals surface area (Å²) in [7, 11) is 3.34. The number of carbonyl (C=O) groups excluding carboxylic acids is 1. The Morgan fingerprint density at radius 3 is 2.83 bits per heavy atom. The maximum absolute atomic E-state index is 12.5. The summed E-state index contributed by atoms with van der Waals surface area (Å²) in [4.78, 5) is 20.1. The van der Waals surface area contributed by atoms with Crippen LogP contribution >= 0.6 is 11.3 Å². The highest BCUT2D eigenvalue weighted by atomic mass is 32.1. The summed E-state index contributed by atoms with van der Waals surface area (Å²) in [5.74, 6) is 2.23. The van der Waals surface area contributed by atoms with E-state index in [-0.39, 0.29) is 12.0 Å². The van der Waals surface area contributed by atoms with Gasteiger partial charge in [-0.2, -0.15) is 0 Å². The highest BCUT2D eigenvalue weighted by Crippen LogP contribution is 2.26. The third kappa shape index (κ3) is 5.89. The number of guanidine groups is 1. The lowest BCUT2D eigenvalue weighted by Crippen LogP contribution is -2.43. The Kier molecular flexibility index (Phi) is 7.96. The van der Waals surface area contributed by atoms with Gasteiger partial charge in [-0.05, 0) is 42.5 Å². The molecule has 0 aliphatic carbocycles. The van der Waals surface area contributed by atoms with Crippen LogP contribution < -0.4 is 20.1 Å². The zero-order chi connectivity index (χ0) is 21.3. The Bertz CT molecular complexity index is 868. The van der Waals surface area contributed by atoms with E-state index in [9.17, 15) is 4.79 Å². The molecule has 30 heavy (non-hydrogen) atoms. The molecule has 8 heteroatoms. The van der Waals surface area contributed by atoms with Gasteiger partial charge in [-0.1, -0.05) is 12.1 Å². The average Bonchev–Trinajstić information content (AvgIpc) is 3.24. The number of carbonyl (C=O) groups is 1. The summed E-state index contributed by atoms with van der Waals surface area (Å²) < 4.78 is 11.3. The van der Waals surface area contributed by atoms with E-state index in [1.807, 2.05) is 36.1 Å². The van der Waals surface area contributed by atoms with Gasteiger partial charge in [0.25, 0.3) is 0 Å². The zero-order valence-corrected chi connectivity index (χ0v) is 18.6. The fourth-order valence-electron chi connectivity index (χ4n) is 3.34. The number of ether oxygens (including phenoxy) is 2. The minimum Gasteiger partial charge on any atom is -0.493 e. The molecule has 0 saturated carbocycles. The number of nitrogens with one attached hydrogen (secondary N) is 2. The van der Waals surface area contributed by atoms with Crippen molar-refractivity contribution in [2.24, 2.45) is 4.99 Å². The van der Waals surface area contributed by atoms with E-state index in [0.29, 0.717) is 37.0 Å². The van der Waals surface area contributed by atoms with Crippen molar-refractivity contribution in [3.63, 3.8) is 0 Å². The lowest BCUT2D eigenvalue weighted by Gasteiger charge is -2.27. The van der Waals surface area contributed by atoms with E-state index >= 15 is 0 Å². The molecule has 0 spiro atoms. The number of hydrogen-bond donors (Lipinski definition) is 2. The number of fused-ring (bicyclic) bond motifs is 1. The van der Waals surface area contributed by atoms with E-state index in [1.54, 1.807) is 25.5 Å². The van der Waals surface area contributed by atoms with Gasteiger partial charge in [-0.15, -0.1) is 11.3 Å². The molecule has 1 unspecified atom stereocenters. The molecule has 2 aromatic rings. The maximum atomic E-state index is 12.5. The van der Waals surface area contributed by atoms with Gasteiger partial charge < -0.3 is 25.0 Å². The zero-order valence-electron chi connectivity index (χ0n) is 17.8. The van der Waals surface area contributed by atoms with Gasteiger partial charge in [0.2, 0.25) is 5.91 Å². The van der Waals surface area contributed by atoms with Crippen LogP contribution in [0.5, 0.6) is 11.5 Å². The number of methoxy groups -OCH3 is 1. The van der Waals surface area contributed by atoms with Crippen molar-refractivity contribution in [3.05, 3.63) is 46.2 Å². The summed E-state index contributed by atoms with van der Waals surface area (Å²) in [5, 5.41) is 8.55. The third-order valence-electron chi connectivity index (χ3n) is 4.97. The maximum Gasteiger partial charge on any atom is 0.224 e. The standard InChI is InChI=1S/C22H30N4O3S/c1-16(29-19-7-5-4-6-18(19)28-3)14-25-22(23-2)24-11-8-21(27)26-12-9-20-17(15-26)10-13-30-20/h4-7,10,13,16H,8-9,11-12,14-15H2,1-3H3,(H2,23,24,25). The molecule has 1 aliphatic heterocycles. The number of hydrogen-bond acceptors (Lipinski definition) is 5. The van der Waals surface area contributed by atoms with Crippen molar-refractivity contribution in [2.45, 2.75) is 32.4 Å². The minimum absolute atomic E-state index is 0.0883. The molecular weight excluding hydrogens is 400 g/mol. The van der Waals surface area contributed by atoms with Crippen molar-refractivity contribution in [1.82, 2.24) is 15.5 Å². The number of benzene rings is 1. The quantitative estimate of drug-likeness (QED) is 0.498. The van der Waals surface area contributed by atoms with Gasteiger partial charge in [0.05, 0.1) is 13.7 Å². The fraction of sp³-hybridized carbons (Fsp3) is 0.455. The topological polar surface area (TPSA) is 75.2 Å². The molecular formula is C22H30N4O3S. The van der Waals surface area contributed by atoms with Gasteiger partial charge in [-0.25, -0.2) is 0 Å². The lowest BCUT2D eigenvalue weighted by atomic mass is 10.1. The highest BCUT2D eigenvalue weighted by molar-refractivity contribution is 7.10. The molecule has 0 bridgehead atoms. The van der Waals surface area contributed by atoms with Crippen molar-refractivity contribution in [1.29, 1.82) is 0 Å². The van der Waals surface area contributed by atoms with E-state index in [4.69, 9.17) is 9.47 Å². The molecule has 7 nitrogen and oxygen atoms in total. The second-order valence-electron chi connectivity index (χ2n) is 7.14. The molecule has 1 atom stereocenters. The molecule has 3 rings (SSSR count). The van der Waals surface area contributed by atoms with Gasteiger partial charge in [0.15, 0.2) is 17.5 Å². The predicted molar refractivity (Wildman–Crippen MR) is 121 cm³/mol. The largest absolute Gasteiger partial charge is 0.493 e. The normalized spacial score (nSPS) is 14.6. The SMILES string of the molecule is CN=C(NCCC(=O)N1CCc2sccc2C1)NCC(C)Oc1ccccc1OC. The van der Waals surface area contributed by atoms with Gasteiger partial charge in [0, 0.05) is 38.0 Å². The first-order chi connectivity index (χ1) is 14.6. The fourth-order valence-corrected chi connectivity index (χ4v) is 4.23. The molecule has 0 radical (unpaired) electrons. The van der Waals surface area contributed by atoms with Gasteiger partial charge >= 0.3 is 0 Å². The van der Waals surface area contributed by atoms with Crippen molar-refractivity contribution in [3.8, 4) is 11.5 Å².